The minimum Gasteiger partial charge on any atom is -0.379 e. The molecule has 0 amide bonds. The van der Waals surface area contributed by atoms with Gasteiger partial charge in [0.05, 0.1) is 19.3 Å². The van der Waals surface area contributed by atoms with Crippen LogP contribution >= 0.6 is 0 Å². The van der Waals surface area contributed by atoms with Gasteiger partial charge in [-0.15, -0.1) is 0 Å². The van der Waals surface area contributed by atoms with Gasteiger partial charge in [0.1, 0.15) is 0 Å². The Morgan fingerprint density at radius 3 is 2.79 bits per heavy atom. The van der Waals surface area contributed by atoms with E-state index in [2.05, 4.69) is 43.4 Å². The normalized spacial score (nSPS) is 20.6. The standard InChI is InChI=1S/C16H25NO2/c1-3-17-10-13(2)15-6-4-14(5-7-15)11-19-16-8-9-18-12-16/h4-7,13,16-17H,3,8-12H2,1-2H3. The highest BCUT2D eigenvalue weighted by atomic mass is 16.5. The molecule has 2 atom stereocenters. The summed E-state index contributed by atoms with van der Waals surface area (Å²) in [5.41, 5.74) is 2.63. The van der Waals surface area contributed by atoms with Crippen LogP contribution in [-0.2, 0) is 16.1 Å². The molecule has 106 valence electrons. The average Bonchev–Trinajstić information content (AvgIpc) is 2.96. The Balaban J connectivity index is 1.80. The van der Waals surface area contributed by atoms with Crippen LogP contribution in [0.5, 0.6) is 0 Å². The van der Waals surface area contributed by atoms with Gasteiger partial charge in [0, 0.05) is 13.2 Å². The van der Waals surface area contributed by atoms with Crippen molar-refractivity contribution < 1.29 is 9.47 Å². The first-order chi connectivity index (χ1) is 9.29. The molecule has 1 heterocycles. The van der Waals surface area contributed by atoms with Crippen molar-refractivity contribution in [2.75, 3.05) is 26.3 Å². The van der Waals surface area contributed by atoms with Crippen molar-refractivity contribution in [1.82, 2.24) is 5.32 Å². The highest BCUT2D eigenvalue weighted by Crippen LogP contribution is 2.17. The predicted molar refractivity (Wildman–Crippen MR) is 77.4 cm³/mol. The molecule has 1 saturated heterocycles. The SMILES string of the molecule is CCNCC(C)c1ccc(COC2CCOC2)cc1. The Morgan fingerprint density at radius 1 is 1.37 bits per heavy atom. The van der Waals surface area contributed by atoms with Gasteiger partial charge in [-0.1, -0.05) is 38.1 Å². The van der Waals surface area contributed by atoms with Crippen LogP contribution in [0.3, 0.4) is 0 Å². The number of hydrogen-bond donors (Lipinski definition) is 1. The molecule has 1 aromatic rings. The molecule has 2 rings (SSSR count). The Kier molecular flexibility index (Phi) is 5.83. The molecule has 3 nitrogen and oxygen atoms in total. The molecular weight excluding hydrogens is 238 g/mol. The monoisotopic (exact) mass is 263 g/mol. The van der Waals surface area contributed by atoms with Crippen LogP contribution in [0, 0.1) is 0 Å². The van der Waals surface area contributed by atoms with E-state index in [1.165, 1.54) is 11.1 Å². The summed E-state index contributed by atoms with van der Waals surface area (Å²) in [5, 5.41) is 3.38. The van der Waals surface area contributed by atoms with Crippen LogP contribution in [0.15, 0.2) is 24.3 Å². The Bertz CT molecular complexity index is 358. The van der Waals surface area contributed by atoms with Gasteiger partial charge >= 0.3 is 0 Å². The molecule has 1 aromatic carbocycles. The molecule has 1 aliphatic rings. The summed E-state index contributed by atoms with van der Waals surface area (Å²) in [5.74, 6) is 0.554. The number of likely N-dealkylation sites (N-methyl/N-ethyl adjacent to an activating group) is 1. The van der Waals surface area contributed by atoms with Crippen molar-refractivity contribution in [1.29, 1.82) is 0 Å². The number of nitrogens with one attached hydrogen (secondary N) is 1. The van der Waals surface area contributed by atoms with E-state index in [0.717, 1.165) is 32.7 Å². The van der Waals surface area contributed by atoms with Crippen LogP contribution in [0.4, 0.5) is 0 Å². The Morgan fingerprint density at radius 2 is 2.16 bits per heavy atom. The zero-order valence-electron chi connectivity index (χ0n) is 12.0. The molecular formula is C16H25NO2. The second kappa shape index (κ2) is 7.63. The first-order valence-electron chi connectivity index (χ1n) is 7.28. The fourth-order valence-corrected chi connectivity index (χ4v) is 2.28. The van der Waals surface area contributed by atoms with Crippen molar-refractivity contribution >= 4 is 0 Å². The molecule has 1 N–H and O–H groups in total. The molecule has 0 spiro atoms. The van der Waals surface area contributed by atoms with Crippen molar-refractivity contribution in [3.63, 3.8) is 0 Å². The average molecular weight is 263 g/mol. The minimum atomic E-state index is 0.285. The van der Waals surface area contributed by atoms with Gasteiger partial charge in [-0.25, -0.2) is 0 Å². The molecule has 3 heteroatoms. The van der Waals surface area contributed by atoms with Gasteiger partial charge in [0.15, 0.2) is 0 Å². The smallest absolute Gasteiger partial charge is 0.0834 e. The second-order valence-corrected chi connectivity index (χ2v) is 5.25. The van der Waals surface area contributed by atoms with E-state index in [-0.39, 0.29) is 6.10 Å². The first-order valence-corrected chi connectivity index (χ1v) is 7.28. The third kappa shape index (κ3) is 4.60. The van der Waals surface area contributed by atoms with E-state index in [0.29, 0.717) is 12.5 Å². The van der Waals surface area contributed by atoms with Gasteiger partial charge in [0.25, 0.3) is 0 Å². The number of benzene rings is 1. The van der Waals surface area contributed by atoms with Crippen molar-refractivity contribution in [2.24, 2.45) is 0 Å². The lowest BCUT2D eigenvalue weighted by Crippen LogP contribution is -2.19. The minimum absolute atomic E-state index is 0.285. The fraction of sp³-hybridized carbons (Fsp3) is 0.625. The summed E-state index contributed by atoms with van der Waals surface area (Å²) in [4.78, 5) is 0. The van der Waals surface area contributed by atoms with Gasteiger partial charge in [0.2, 0.25) is 0 Å². The Labute approximate surface area is 116 Å². The molecule has 19 heavy (non-hydrogen) atoms. The van der Waals surface area contributed by atoms with E-state index in [1.54, 1.807) is 0 Å². The van der Waals surface area contributed by atoms with Crippen LogP contribution in [0.2, 0.25) is 0 Å². The third-order valence-corrected chi connectivity index (χ3v) is 3.62. The maximum absolute atomic E-state index is 5.82. The molecule has 0 bridgehead atoms. The molecule has 0 aliphatic carbocycles. The lowest BCUT2D eigenvalue weighted by Gasteiger charge is -2.14. The number of rotatable bonds is 7. The highest BCUT2D eigenvalue weighted by Gasteiger charge is 2.15. The lowest BCUT2D eigenvalue weighted by molar-refractivity contribution is 0.0317. The van der Waals surface area contributed by atoms with Gasteiger partial charge in [-0.3, -0.25) is 0 Å². The molecule has 2 unspecified atom stereocenters. The summed E-state index contributed by atoms with van der Waals surface area (Å²) in [6.45, 7) is 8.73. The largest absolute Gasteiger partial charge is 0.379 e. The van der Waals surface area contributed by atoms with Crippen molar-refractivity contribution in [2.45, 2.75) is 38.9 Å². The van der Waals surface area contributed by atoms with E-state index in [9.17, 15) is 0 Å². The van der Waals surface area contributed by atoms with Gasteiger partial charge in [-0.05, 0) is 30.0 Å². The summed E-state index contributed by atoms with van der Waals surface area (Å²) in [6.07, 6.45) is 1.31. The fourth-order valence-electron chi connectivity index (χ4n) is 2.28. The van der Waals surface area contributed by atoms with E-state index >= 15 is 0 Å². The summed E-state index contributed by atoms with van der Waals surface area (Å²) in [7, 11) is 0. The van der Waals surface area contributed by atoms with Crippen LogP contribution in [0.25, 0.3) is 0 Å². The zero-order valence-corrected chi connectivity index (χ0v) is 12.0. The zero-order chi connectivity index (χ0) is 13.5. The topological polar surface area (TPSA) is 30.5 Å². The van der Waals surface area contributed by atoms with Crippen LogP contribution in [-0.4, -0.2) is 32.4 Å². The maximum Gasteiger partial charge on any atom is 0.0834 e. The van der Waals surface area contributed by atoms with E-state index in [4.69, 9.17) is 9.47 Å². The summed E-state index contributed by atoms with van der Waals surface area (Å²) in [6, 6.07) is 8.78. The van der Waals surface area contributed by atoms with Crippen LogP contribution in [0.1, 0.15) is 37.3 Å². The van der Waals surface area contributed by atoms with E-state index < -0.39 is 0 Å². The second-order valence-electron chi connectivity index (χ2n) is 5.25. The predicted octanol–water partition coefficient (Wildman–Crippen LogP) is 2.71. The molecule has 1 fully saturated rings. The summed E-state index contributed by atoms with van der Waals surface area (Å²) >= 11 is 0. The lowest BCUT2D eigenvalue weighted by atomic mass is 10.00. The first kappa shape index (κ1) is 14.5. The molecule has 0 radical (unpaired) electrons. The number of ether oxygens (including phenoxy) is 2. The Hall–Kier alpha value is -0.900. The molecule has 0 saturated carbocycles. The highest BCUT2D eigenvalue weighted by molar-refractivity contribution is 5.24. The van der Waals surface area contributed by atoms with Crippen molar-refractivity contribution in [3.05, 3.63) is 35.4 Å². The molecule has 1 aliphatic heterocycles. The van der Waals surface area contributed by atoms with Gasteiger partial charge < -0.3 is 14.8 Å². The van der Waals surface area contributed by atoms with Gasteiger partial charge in [-0.2, -0.15) is 0 Å². The third-order valence-electron chi connectivity index (χ3n) is 3.62. The molecule has 0 aromatic heterocycles. The number of hydrogen-bond acceptors (Lipinski definition) is 3. The van der Waals surface area contributed by atoms with Crippen molar-refractivity contribution in [3.8, 4) is 0 Å². The maximum atomic E-state index is 5.82. The summed E-state index contributed by atoms with van der Waals surface area (Å²) < 4.78 is 11.1. The van der Waals surface area contributed by atoms with E-state index in [1.807, 2.05) is 0 Å². The van der Waals surface area contributed by atoms with Crippen LogP contribution < -0.4 is 5.32 Å². The quantitative estimate of drug-likeness (QED) is 0.820.